The number of rotatable bonds is 4. The maximum atomic E-state index is 9.06. The molecule has 0 amide bonds. The van der Waals surface area contributed by atoms with Crippen LogP contribution >= 0.6 is 0 Å². The summed E-state index contributed by atoms with van der Waals surface area (Å²) in [6.07, 6.45) is 0.979. The van der Waals surface area contributed by atoms with Gasteiger partial charge in [-0.05, 0) is 19.6 Å². The first-order valence-corrected chi connectivity index (χ1v) is 8.32. The molecule has 0 bridgehead atoms. The van der Waals surface area contributed by atoms with E-state index in [1.807, 2.05) is 19.6 Å². The van der Waals surface area contributed by atoms with Crippen molar-refractivity contribution in [2.24, 2.45) is 0 Å². The largest absolute Gasteiger partial charge is 0.732 e. The van der Waals surface area contributed by atoms with Gasteiger partial charge in [-0.1, -0.05) is 6.58 Å². The Labute approximate surface area is 68.7 Å². The Hall–Kier alpha value is -0.146. The first kappa shape index (κ1) is 10.9. The second-order valence-corrected chi connectivity index (χ2v) is 9.42. The third kappa shape index (κ3) is 6.26. The predicted octanol–water partition coefficient (Wildman–Crippen LogP) is 0.418. The molecule has 0 aliphatic rings. The second-order valence-electron chi connectivity index (χ2n) is 3.05. The summed E-state index contributed by atoms with van der Waals surface area (Å²) in [4.78, 5) is 18.1. The van der Waals surface area contributed by atoms with Gasteiger partial charge < -0.3 is 18.1 Å². The van der Waals surface area contributed by atoms with Crippen molar-refractivity contribution in [3.8, 4) is 0 Å². The van der Waals surface area contributed by atoms with Gasteiger partial charge in [0.25, 0.3) is 0 Å². The van der Waals surface area contributed by atoms with Crippen LogP contribution in [0.4, 0.5) is 0 Å². The van der Waals surface area contributed by atoms with Gasteiger partial charge in [-0.2, -0.15) is 0 Å². The summed E-state index contributed by atoms with van der Waals surface area (Å²) in [5.41, 5.74) is 0. The minimum Gasteiger partial charge on any atom is -0.488 e. The molecule has 0 spiro atoms. The fourth-order valence-electron chi connectivity index (χ4n) is 0.531. The monoisotopic (exact) mass is 194 g/mol. The molecule has 0 rings (SSSR count). The molecule has 6 heteroatoms. The van der Waals surface area contributed by atoms with E-state index in [0.29, 0.717) is 0 Å². The molecule has 0 aromatic heterocycles. The van der Waals surface area contributed by atoms with Crippen LogP contribution in [0.15, 0.2) is 12.8 Å². The van der Waals surface area contributed by atoms with E-state index in [0.717, 1.165) is 6.26 Å². The third-order valence-electron chi connectivity index (χ3n) is 0.676. The fraction of sp³-hybridized carbons (Fsp3) is 0.600. The zero-order valence-electron chi connectivity index (χ0n) is 7.00. The zero-order chi connectivity index (χ0) is 9.12. The van der Waals surface area contributed by atoms with Gasteiger partial charge in [0, 0.05) is 0 Å². The number of hydrogen-bond acceptors (Lipinski definition) is 4. The van der Waals surface area contributed by atoms with E-state index >= 15 is 0 Å². The summed E-state index contributed by atoms with van der Waals surface area (Å²) in [6, 6.07) is 0. The lowest BCUT2D eigenvalue weighted by Gasteiger charge is -2.23. The van der Waals surface area contributed by atoms with Crippen LogP contribution in [0, 0.1) is 0 Å². The average Bonchev–Trinajstić information content (AvgIpc) is 1.55. The van der Waals surface area contributed by atoms with Gasteiger partial charge in [-0.25, -0.2) is 0 Å². The van der Waals surface area contributed by atoms with E-state index in [1.165, 1.54) is 0 Å². The standard InChI is InChI=1S/C5H14O4Si2/c1-5-8-11(6,7)9-10(2,3)4/h5-7H,1H2,2-4H3. The molecule has 2 N–H and O–H groups in total. The Kier molecular flexibility index (Phi) is 3.45. The van der Waals surface area contributed by atoms with Gasteiger partial charge in [-0.3, -0.25) is 0 Å². The average molecular weight is 194 g/mol. The van der Waals surface area contributed by atoms with Crippen LogP contribution in [0.3, 0.4) is 0 Å². The third-order valence-corrected chi connectivity index (χ3v) is 4.66. The highest BCUT2D eigenvalue weighted by atomic mass is 28.5. The Morgan fingerprint density at radius 3 is 2.00 bits per heavy atom. The lowest BCUT2D eigenvalue weighted by atomic mass is 11.2. The fourth-order valence-corrected chi connectivity index (χ4v) is 4.13. The van der Waals surface area contributed by atoms with Crippen molar-refractivity contribution in [2.45, 2.75) is 19.6 Å². The van der Waals surface area contributed by atoms with Crippen LogP contribution < -0.4 is 0 Å². The Bertz CT molecular complexity index is 140. The van der Waals surface area contributed by atoms with E-state index < -0.39 is 17.4 Å². The van der Waals surface area contributed by atoms with Crippen LogP contribution in [0.25, 0.3) is 0 Å². The quantitative estimate of drug-likeness (QED) is 0.503. The van der Waals surface area contributed by atoms with E-state index in [4.69, 9.17) is 13.7 Å². The van der Waals surface area contributed by atoms with Crippen molar-refractivity contribution in [1.82, 2.24) is 0 Å². The molecule has 0 fully saturated rings. The Morgan fingerprint density at radius 2 is 1.73 bits per heavy atom. The first-order chi connectivity index (χ1) is 4.77. The number of hydrogen-bond donors (Lipinski definition) is 2. The normalized spacial score (nSPS) is 12.8. The molecule has 0 aliphatic carbocycles. The van der Waals surface area contributed by atoms with Crippen LogP contribution in [-0.2, 0) is 8.54 Å². The summed E-state index contributed by atoms with van der Waals surface area (Å²) in [6.45, 7) is 8.73. The smallest absolute Gasteiger partial charge is 0.488 e. The Morgan fingerprint density at radius 1 is 1.27 bits per heavy atom. The summed E-state index contributed by atoms with van der Waals surface area (Å²) in [7, 11) is -5.84. The van der Waals surface area contributed by atoms with Crippen molar-refractivity contribution in [3.05, 3.63) is 12.8 Å². The highest BCUT2D eigenvalue weighted by Gasteiger charge is 2.42. The molecule has 0 aromatic rings. The van der Waals surface area contributed by atoms with Crippen molar-refractivity contribution in [3.63, 3.8) is 0 Å². The summed E-state index contributed by atoms with van der Waals surface area (Å²) >= 11 is 0. The molecule has 0 heterocycles. The van der Waals surface area contributed by atoms with Crippen LogP contribution in [-0.4, -0.2) is 27.0 Å². The van der Waals surface area contributed by atoms with E-state index in [9.17, 15) is 0 Å². The van der Waals surface area contributed by atoms with Gasteiger partial charge in [0.1, 0.15) is 0 Å². The molecule has 0 aliphatic heterocycles. The molecule has 66 valence electrons. The molecule has 0 aromatic carbocycles. The molecule has 4 nitrogen and oxygen atoms in total. The van der Waals surface area contributed by atoms with E-state index in [1.54, 1.807) is 0 Å². The van der Waals surface area contributed by atoms with Crippen LogP contribution in [0.2, 0.25) is 19.6 Å². The molecule has 0 saturated heterocycles. The van der Waals surface area contributed by atoms with Crippen molar-refractivity contribution >= 4 is 17.4 Å². The van der Waals surface area contributed by atoms with E-state index in [2.05, 4.69) is 11.0 Å². The lowest BCUT2D eigenvalue weighted by Crippen LogP contribution is -2.49. The zero-order valence-corrected chi connectivity index (χ0v) is 9.00. The highest BCUT2D eigenvalue weighted by molar-refractivity contribution is 6.77. The maximum Gasteiger partial charge on any atom is 0.732 e. The van der Waals surface area contributed by atoms with Gasteiger partial charge in [0.15, 0.2) is 8.32 Å². The molecule has 0 radical (unpaired) electrons. The Balaban J connectivity index is 4.00. The van der Waals surface area contributed by atoms with Gasteiger partial charge in [0.2, 0.25) is 0 Å². The predicted molar refractivity (Wildman–Crippen MR) is 45.9 cm³/mol. The molecule has 0 unspecified atom stereocenters. The van der Waals surface area contributed by atoms with Gasteiger partial charge in [0.05, 0.1) is 6.26 Å². The van der Waals surface area contributed by atoms with Crippen LogP contribution in [0.5, 0.6) is 0 Å². The summed E-state index contributed by atoms with van der Waals surface area (Å²) in [5, 5.41) is 0. The van der Waals surface area contributed by atoms with Crippen molar-refractivity contribution in [1.29, 1.82) is 0 Å². The van der Waals surface area contributed by atoms with Gasteiger partial charge >= 0.3 is 9.05 Å². The molecule has 11 heavy (non-hydrogen) atoms. The minimum atomic E-state index is -3.90. The minimum absolute atomic E-state index is 0.979. The molecular formula is C5H14O4Si2. The van der Waals surface area contributed by atoms with E-state index in [-0.39, 0.29) is 0 Å². The van der Waals surface area contributed by atoms with Crippen LogP contribution in [0.1, 0.15) is 0 Å². The molecule has 0 atom stereocenters. The summed E-state index contributed by atoms with van der Waals surface area (Å²) in [5.74, 6) is 0. The SMILES string of the molecule is C=CO[Si](O)(O)O[Si](C)(C)C. The summed E-state index contributed by atoms with van der Waals surface area (Å²) < 4.78 is 9.39. The van der Waals surface area contributed by atoms with Crippen molar-refractivity contribution < 1.29 is 18.1 Å². The van der Waals surface area contributed by atoms with Crippen molar-refractivity contribution in [2.75, 3.05) is 0 Å². The highest BCUT2D eigenvalue weighted by Crippen LogP contribution is 2.10. The topological polar surface area (TPSA) is 58.9 Å². The molecule has 0 saturated carbocycles. The first-order valence-electron chi connectivity index (χ1n) is 3.20. The lowest BCUT2D eigenvalue weighted by molar-refractivity contribution is 0.114. The molecular weight excluding hydrogens is 180 g/mol. The maximum absolute atomic E-state index is 9.06. The van der Waals surface area contributed by atoms with Gasteiger partial charge in [-0.15, -0.1) is 0 Å². The second kappa shape index (κ2) is 3.50.